The van der Waals surface area contributed by atoms with Crippen molar-refractivity contribution < 1.29 is 22.7 Å². The lowest BCUT2D eigenvalue weighted by atomic mass is 10.1. The van der Waals surface area contributed by atoms with Crippen molar-refractivity contribution in [1.82, 2.24) is 10.3 Å². The van der Waals surface area contributed by atoms with Crippen molar-refractivity contribution in [3.63, 3.8) is 0 Å². The molecule has 1 aromatic rings. The molecule has 1 fully saturated rings. The minimum absolute atomic E-state index is 0.253. The molecule has 1 N–H and O–H groups in total. The van der Waals surface area contributed by atoms with Gasteiger partial charge in [0.05, 0.1) is 26.2 Å². The molecule has 0 radical (unpaired) electrons. The van der Waals surface area contributed by atoms with Crippen molar-refractivity contribution in [3.8, 4) is 11.5 Å². The van der Waals surface area contributed by atoms with Gasteiger partial charge in [-0.05, 0) is 19.2 Å². The van der Waals surface area contributed by atoms with Crippen LogP contribution in [0.2, 0.25) is 0 Å². The Bertz CT molecular complexity index is 800. The van der Waals surface area contributed by atoms with Crippen LogP contribution in [0.5, 0.6) is 11.5 Å². The average Bonchev–Trinajstić information content (AvgIpc) is 2.64. The van der Waals surface area contributed by atoms with Gasteiger partial charge in [0.1, 0.15) is 18.0 Å². The highest BCUT2D eigenvalue weighted by molar-refractivity contribution is 7.92. The molecule has 2 rings (SSSR count). The molecular formula is C17H26N4O5S. The Morgan fingerprint density at radius 2 is 1.93 bits per heavy atom. The molecule has 9 nitrogen and oxygen atoms in total. The average molecular weight is 398 g/mol. The molecule has 0 saturated carbocycles. The van der Waals surface area contributed by atoms with E-state index in [1.165, 1.54) is 20.3 Å². The molecule has 0 bridgehead atoms. The number of ether oxygens (including phenoxy) is 2. The summed E-state index contributed by atoms with van der Waals surface area (Å²) in [5.41, 5.74) is 3.61. The maximum atomic E-state index is 12.3. The number of anilines is 1. The molecule has 10 heteroatoms. The first-order chi connectivity index (χ1) is 12.7. The van der Waals surface area contributed by atoms with Crippen molar-refractivity contribution in [2.24, 2.45) is 5.10 Å². The second kappa shape index (κ2) is 9.05. The van der Waals surface area contributed by atoms with E-state index in [0.29, 0.717) is 5.75 Å². The van der Waals surface area contributed by atoms with Gasteiger partial charge in [0, 0.05) is 37.7 Å². The first-order valence-electron chi connectivity index (χ1n) is 8.47. The first-order valence-corrected chi connectivity index (χ1v) is 10.3. The standard InChI is InChI=1S/C17H26N4O5S/c1-20-9-7-13(8-10-20)18-19-17(22)12-21(27(4,23)24)15-6-5-14(25-2)11-16(15)26-3/h5-6,11H,7-10,12H2,1-4H3,(H,19,22). The van der Waals surface area contributed by atoms with Gasteiger partial charge in [-0.2, -0.15) is 5.10 Å². The van der Waals surface area contributed by atoms with Crippen molar-refractivity contribution in [2.45, 2.75) is 12.8 Å². The lowest BCUT2D eigenvalue weighted by Gasteiger charge is -2.24. The third-order valence-electron chi connectivity index (χ3n) is 4.25. The summed E-state index contributed by atoms with van der Waals surface area (Å²) in [6, 6.07) is 4.70. The van der Waals surface area contributed by atoms with E-state index in [9.17, 15) is 13.2 Å². The van der Waals surface area contributed by atoms with Crippen LogP contribution >= 0.6 is 0 Å². The van der Waals surface area contributed by atoms with Gasteiger partial charge in [-0.15, -0.1) is 0 Å². The minimum atomic E-state index is -3.72. The number of hydrogen-bond acceptors (Lipinski definition) is 7. The molecule has 0 unspecified atom stereocenters. The number of nitrogens with one attached hydrogen (secondary N) is 1. The molecular weight excluding hydrogens is 372 g/mol. The molecule has 1 amide bonds. The van der Waals surface area contributed by atoms with Crippen LogP contribution in [0, 0.1) is 0 Å². The van der Waals surface area contributed by atoms with E-state index in [2.05, 4.69) is 15.4 Å². The number of likely N-dealkylation sites (tertiary alicyclic amines) is 1. The molecule has 1 aliphatic rings. The van der Waals surface area contributed by atoms with E-state index in [4.69, 9.17) is 9.47 Å². The van der Waals surface area contributed by atoms with Crippen LogP contribution in [-0.4, -0.2) is 72.1 Å². The normalized spacial score (nSPS) is 15.2. The van der Waals surface area contributed by atoms with E-state index in [1.807, 2.05) is 7.05 Å². The molecule has 0 aliphatic carbocycles. The second-order valence-corrected chi connectivity index (χ2v) is 8.23. The summed E-state index contributed by atoms with van der Waals surface area (Å²) in [6.07, 6.45) is 2.59. The topological polar surface area (TPSA) is 101 Å². The fourth-order valence-electron chi connectivity index (χ4n) is 2.67. The summed E-state index contributed by atoms with van der Waals surface area (Å²) in [4.78, 5) is 14.5. The van der Waals surface area contributed by atoms with Gasteiger partial charge < -0.3 is 14.4 Å². The van der Waals surface area contributed by atoms with Crippen LogP contribution in [-0.2, 0) is 14.8 Å². The number of hydrazone groups is 1. The Kier molecular flexibility index (Phi) is 7.03. The zero-order valence-electron chi connectivity index (χ0n) is 16.1. The van der Waals surface area contributed by atoms with E-state index in [0.717, 1.165) is 42.2 Å². The number of amides is 1. The van der Waals surface area contributed by atoms with Crippen molar-refractivity contribution in [1.29, 1.82) is 0 Å². The fraction of sp³-hybridized carbons (Fsp3) is 0.529. The lowest BCUT2D eigenvalue weighted by molar-refractivity contribution is -0.119. The summed E-state index contributed by atoms with van der Waals surface area (Å²) in [5, 5.41) is 4.13. The predicted molar refractivity (Wildman–Crippen MR) is 104 cm³/mol. The number of rotatable bonds is 7. The van der Waals surface area contributed by atoms with Crippen molar-refractivity contribution >= 4 is 27.3 Å². The quantitative estimate of drug-likeness (QED) is 0.678. The highest BCUT2D eigenvalue weighted by atomic mass is 32.2. The molecule has 1 saturated heterocycles. The van der Waals surface area contributed by atoms with Gasteiger partial charge in [-0.25, -0.2) is 13.8 Å². The number of piperidine rings is 1. The highest BCUT2D eigenvalue weighted by Gasteiger charge is 2.24. The summed E-state index contributed by atoms with van der Waals surface area (Å²) in [6.45, 7) is 1.36. The highest BCUT2D eigenvalue weighted by Crippen LogP contribution is 2.33. The van der Waals surface area contributed by atoms with Gasteiger partial charge in [-0.3, -0.25) is 9.10 Å². The van der Waals surface area contributed by atoms with Gasteiger partial charge in [0.25, 0.3) is 5.91 Å². The van der Waals surface area contributed by atoms with Crippen LogP contribution < -0.4 is 19.2 Å². The predicted octanol–water partition coefficient (Wildman–Crippen LogP) is 0.668. The third-order valence-corrected chi connectivity index (χ3v) is 5.37. The maximum absolute atomic E-state index is 12.3. The van der Waals surface area contributed by atoms with Crippen molar-refractivity contribution in [3.05, 3.63) is 18.2 Å². The van der Waals surface area contributed by atoms with Gasteiger partial charge in [0.2, 0.25) is 10.0 Å². The summed E-state index contributed by atoms with van der Waals surface area (Å²) in [5.74, 6) is 0.279. The van der Waals surface area contributed by atoms with Crippen LogP contribution in [0.15, 0.2) is 23.3 Å². The zero-order valence-corrected chi connectivity index (χ0v) is 16.9. The van der Waals surface area contributed by atoms with Crippen LogP contribution in [0.25, 0.3) is 0 Å². The second-order valence-electron chi connectivity index (χ2n) is 6.32. The van der Waals surface area contributed by atoms with E-state index in [1.54, 1.807) is 12.1 Å². The number of carbonyl (C=O) groups is 1. The van der Waals surface area contributed by atoms with E-state index in [-0.39, 0.29) is 11.4 Å². The van der Waals surface area contributed by atoms with Gasteiger partial charge >= 0.3 is 0 Å². The Morgan fingerprint density at radius 1 is 1.26 bits per heavy atom. The molecule has 27 heavy (non-hydrogen) atoms. The molecule has 0 atom stereocenters. The summed E-state index contributed by atoms with van der Waals surface area (Å²) >= 11 is 0. The van der Waals surface area contributed by atoms with Gasteiger partial charge in [-0.1, -0.05) is 0 Å². The third kappa shape index (κ3) is 5.83. The molecule has 0 spiro atoms. The molecule has 150 valence electrons. The first kappa shape index (κ1) is 21.0. The Hall–Kier alpha value is -2.33. The van der Waals surface area contributed by atoms with Crippen LogP contribution in [0.3, 0.4) is 0 Å². The lowest BCUT2D eigenvalue weighted by Crippen LogP contribution is -2.40. The maximum Gasteiger partial charge on any atom is 0.260 e. The molecule has 1 heterocycles. The number of methoxy groups -OCH3 is 2. The Balaban J connectivity index is 2.16. The number of benzene rings is 1. The van der Waals surface area contributed by atoms with Crippen LogP contribution in [0.4, 0.5) is 5.69 Å². The van der Waals surface area contributed by atoms with E-state index < -0.39 is 22.5 Å². The Labute approximate surface area is 160 Å². The summed E-state index contributed by atoms with van der Waals surface area (Å²) in [7, 11) is 1.23. The van der Waals surface area contributed by atoms with Crippen LogP contribution in [0.1, 0.15) is 12.8 Å². The molecule has 0 aromatic heterocycles. The zero-order chi connectivity index (χ0) is 20.0. The molecule has 1 aliphatic heterocycles. The molecule has 1 aromatic carbocycles. The van der Waals surface area contributed by atoms with Crippen molar-refractivity contribution in [2.75, 3.05) is 51.5 Å². The Morgan fingerprint density at radius 3 is 2.48 bits per heavy atom. The fourth-order valence-corrected chi connectivity index (χ4v) is 3.53. The van der Waals surface area contributed by atoms with Gasteiger partial charge in [0.15, 0.2) is 0 Å². The smallest absolute Gasteiger partial charge is 0.260 e. The number of hydrogen-bond donors (Lipinski definition) is 1. The monoisotopic (exact) mass is 398 g/mol. The summed E-state index contributed by atoms with van der Waals surface area (Å²) < 4.78 is 35.9. The number of sulfonamides is 1. The SMILES string of the molecule is COc1ccc(N(CC(=O)NN=C2CCN(C)CC2)S(C)(=O)=O)c(OC)c1. The van der Waals surface area contributed by atoms with E-state index >= 15 is 0 Å². The number of nitrogens with zero attached hydrogens (tertiary/aromatic N) is 3. The largest absolute Gasteiger partial charge is 0.497 e. The minimum Gasteiger partial charge on any atom is -0.497 e. The number of carbonyl (C=O) groups excluding carboxylic acids is 1.